The summed E-state index contributed by atoms with van der Waals surface area (Å²) in [7, 11) is 3.09. The van der Waals surface area contributed by atoms with Crippen LogP contribution in [0.15, 0.2) is 102 Å². The van der Waals surface area contributed by atoms with E-state index in [1.807, 2.05) is 59.5 Å². The molecule has 0 amide bonds. The molecule has 0 radical (unpaired) electrons. The van der Waals surface area contributed by atoms with Gasteiger partial charge in [0.15, 0.2) is 28.8 Å². The highest BCUT2D eigenvalue weighted by Crippen LogP contribution is 2.61. The molecule has 42 heavy (non-hydrogen) atoms. The Morgan fingerprint density at radius 1 is 0.810 bits per heavy atom. The van der Waals surface area contributed by atoms with Crippen LogP contribution < -0.4 is 14.4 Å². The maximum absolute atomic E-state index is 14.8. The molecule has 3 atom stereocenters. The van der Waals surface area contributed by atoms with E-state index in [0.29, 0.717) is 33.8 Å². The first-order chi connectivity index (χ1) is 20.4. The predicted molar refractivity (Wildman–Crippen MR) is 164 cm³/mol. The number of rotatable bonds is 5. The van der Waals surface area contributed by atoms with Gasteiger partial charge in [-0.25, -0.2) is 0 Å². The molecule has 0 saturated carbocycles. The van der Waals surface area contributed by atoms with Crippen LogP contribution in [-0.4, -0.2) is 43.7 Å². The minimum Gasteiger partial charge on any atom is -0.493 e. The standard InChI is InChI=1S/C35H26BrNO5/c1-41-27-16-12-22(19-28(27)42-2)30-31(32(38)20-8-4-3-5-9-20)37-26-15-14-23(36)18-21(26)13-17-29(37)35(30)33(39)24-10-6-7-11-25(24)34(35)40/h3-19,29-31H,1-2H3/t29-,30+,31-/m1/s1. The SMILES string of the molecule is COc1ccc([C@H]2[C@H](C(=O)c3ccccc3)N3c4ccc(Br)cc4C=C[C@@H]3C23C(=O)c2ccccc2C3=O)cc1OC. The number of carbonyl (C=O) groups excluding carboxylic acids is 3. The summed E-state index contributed by atoms with van der Waals surface area (Å²) in [6.45, 7) is 0. The largest absolute Gasteiger partial charge is 0.493 e. The number of anilines is 1. The molecule has 6 nitrogen and oxygen atoms in total. The molecule has 0 aromatic heterocycles. The van der Waals surface area contributed by atoms with Crippen LogP contribution in [0.1, 0.15) is 48.1 Å². The van der Waals surface area contributed by atoms with Crippen LogP contribution in [0.4, 0.5) is 5.69 Å². The number of benzene rings is 4. The zero-order valence-corrected chi connectivity index (χ0v) is 24.5. The first-order valence-electron chi connectivity index (χ1n) is 13.7. The fourth-order valence-electron chi connectivity index (χ4n) is 7.14. The topological polar surface area (TPSA) is 72.9 Å². The fourth-order valence-corrected chi connectivity index (χ4v) is 7.52. The van der Waals surface area contributed by atoms with Gasteiger partial charge in [-0.1, -0.05) is 88.7 Å². The normalized spacial score (nSPS) is 21.2. The van der Waals surface area contributed by atoms with Crippen molar-refractivity contribution in [2.45, 2.75) is 18.0 Å². The Kier molecular flexibility index (Phi) is 6.17. The van der Waals surface area contributed by atoms with E-state index < -0.39 is 23.4 Å². The van der Waals surface area contributed by atoms with E-state index in [9.17, 15) is 14.4 Å². The quantitative estimate of drug-likeness (QED) is 0.181. The molecule has 1 aliphatic carbocycles. The van der Waals surface area contributed by atoms with E-state index in [1.165, 1.54) is 0 Å². The summed E-state index contributed by atoms with van der Waals surface area (Å²) in [5.74, 6) is -0.576. The van der Waals surface area contributed by atoms with Gasteiger partial charge in [-0.3, -0.25) is 14.4 Å². The molecule has 4 aromatic rings. The number of halogens is 1. The number of methoxy groups -OCH3 is 2. The number of Topliss-reactive ketones (excluding diaryl/α,β-unsaturated/α-hetero) is 3. The molecule has 0 bridgehead atoms. The van der Waals surface area contributed by atoms with Crippen molar-refractivity contribution in [2.75, 3.05) is 19.1 Å². The first kappa shape index (κ1) is 26.4. The van der Waals surface area contributed by atoms with E-state index in [2.05, 4.69) is 15.9 Å². The Labute approximate surface area is 251 Å². The summed E-state index contributed by atoms with van der Waals surface area (Å²) < 4.78 is 12.1. The van der Waals surface area contributed by atoms with Crippen molar-refractivity contribution in [3.8, 4) is 11.5 Å². The van der Waals surface area contributed by atoms with Crippen LogP contribution in [0.25, 0.3) is 6.08 Å². The van der Waals surface area contributed by atoms with Crippen molar-refractivity contribution in [1.29, 1.82) is 0 Å². The monoisotopic (exact) mass is 619 g/mol. The van der Waals surface area contributed by atoms with Gasteiger partial charge in [-0.15, -0.1) is 0 Å². The summed E-state index contributed by atoms with van der Waals surface area (Å²) in [5, 5.41) is 0. The highest BCUT2D eigenvalue weighted by atomic mass is 79.9. The van der Waals surface area contributed by atoms with Crippen LogP contribution in [0, 0.1) is 5.41 Å². The van der Waals surface area contributed by atoms with Gasteiger partial charge < -0.3 is 14.4 Å². The van der Waals surface area contributed by atoms with Crippen LogP contribution in [0.5, 0.6) is 11.5 Å². The van der Waals surface area contributed by atoms with Gasteiger partial charge in [0, 0.05) is 32.8 Å². The first-order valence-corrected chi connectivity index (χ1v) is 14.5. The lowest BCUT2D eigenvalue weighted by molar-refractivity contribution is 0.0665. The second-order valence-electron chi connectivity index (χ2n) is 10.8. The average molecular weight is 620 g/mol. The third-order valence-corrected chi connectivity index (χ3v) is 9.35. The number of hydrogen-bond acceptors (Lipinski definition) is 6. The average Bonchev–Trinajstić information content (AvgIpc) is 3.46. The van der Waals surface area contributed by atoms with Crippen molar-refractivity contribution in [3.63, 3.8) is 0 Å². The predicted octanol–water partition coefficient (Wildman–Crippen LogP) is 6.78. The molecule has 0 unspecified atom stereocenters. The van der Waals surface area contributed by atoms with Gasteiger partial charge in [-0.2, -0.15) is 0 Å². The van der Waals surface area contributed by atoms with Crippen molar-refractivity contribution in [2.24, 2.45) is 5.41 Å². The second kappa shape index (κ2) is 9.81. The van der Waals surface area contributed by atoms with Gasteiger partial charge in [0.25, 0.3) is 0 Å². The zero-order valence-electron chi connectivity index (χ0n) is 22.9. The molecule has 3 aliphatic rings. The lowest BCUT2D eigenvalue weighted by Gasteiger charge is -2.37. The zero-order chi connectivity index (χ0) is 29.2. The third kappa shape index (κ3) is 3.53. The molecular formula is C35H26BrNO5. The highest BCUT2D eigenvalue weighted by Gasteiger charge is 2.71. The van der Waals surface area contributed by atoms with Crippen molar-refractivity contribution in [1.82, 2.24) is 0 Å². The molecular weight excluding hydrogens is 594 g/mol. The summed E-state index contributed by atoms with van der Waals surface area (Å²) in [5.41, 5.74) is 2.03. The molecule has 1 fully saturated rings. The maximum atomic E-state index is 14.8. The summed E-state index contributed by atoms with van der Waals surface area (Å²) in [6.07, 6.45) is 3.87. The fraction of sp³-hybridized carbons (Fsp3) is 0.171. The van der Waals surface area contributed by atoms with Crippen molar-refractivity contribution < 1.29 is 23.9 Å². The second-order valence-corrected chi connectivity index (χ2v) is 11.7. The minimum atomic E-state index is -1.58. The molecule has 4 aromatic carbocycles. The highest BCUT2D eigenvalue weighted by molar-refractivity contribution is 9.10. The number of fused-ring (bicyclic) bond motifs is 5. The van der Waals surface area contributed by atoms with Crippen LogP contribution in [-0.2, 0) is 0 Å². The van der Waals surface area contributed by atoms with E-state index >= 15 is 0 Å². The Balaban J connectivity index is 1.56. The Bertz CT molecular complexity index is 1780. The number of carbonyl (C=O) groups is 3. The molecule has 2 aliphatic heterocycles. The van der Waals surface area contributed by atoms with Crippen molar-refractivity contribution >= 4 is 45.0 Å². The van der Waals surface area contributed by atoms with E-state index in [1.54, 1.807) is 62.8 Å². The lowest BCUT2D eigenvalue weighted by Crippen LogP contribution is -2.48. The number of hydrogen-bond donors (Lipinski definition) is 0. The lowest BCUT2D eigenvalue weighted by atomic mass is 9.64. The molecule has 2 heterocycles. The van der Waals surface area contributed by atoms with Crippen molar-refractivity contribution in [3.05, 3.63) is 129 Å². The summed E-state index contributed by atoms with van der Waals surface area (Å²) in [4.78, 5) is 46.2. The van der Waals surface area contributed by atoms with Gasteiger partial charge in [-0.05, 0) is 41.5 Å². The molecule has 208 valence electrons. The molecule has 1 saturated heterocycles. The number of nitrogens with zero attached hydrogens (tertiary/aromatic N) is 1. The van der Waals surface area contributed by atoms with E-state index in [0.717, 1.165) is 15.7 Å². The smallest absolute Gasteiger partial charge is 0.185 e. The van der Waals surface area contributed by atoms with E-state index in [4.69, 9.17) is 9.47 Å². The van der Waals surface area contributed by atoms with Crippen LogP contribution >= 0.6 is 15.9 Å². The Morgan fingerprint density at radius 3 is 2.14 bits per heavy atom. The Morgan fingerprint density at radius 2 is 1.48 bits per heavy atom. The number of ether oxygens (including phenoxy) is 2. The van der Waals surface area contributed by atoms with E-state index in [-0.39, 0.29) is 17.3 Å². The van der Waals surface area contributed by atoms with Gasteiger partial charge in [0.2, 0.25) is 0 Å². The van der Waals surface area contributed by atoms with Crippen LogP contribution in [0.3, 0.4) is 0 Å². The maximum Gasteiger partial charge on any atom is 0.185 e. The summed E-state index contributed by atoms with van der Waals surface area (Å²) >= 11 is 3.57. The number of ketones is 3. The summed E-state index contributed by atoms with van der Waals surface area (Å²) in [6, 6.07) is 25.7. The molecule has 7 heteroatoms. The van der Waals surface area contributed by atoms with Gasteiger partial charge >= 0.3 is 0 Å². The minimum absolute atomic E-state index is 0.169. The molecule has 0 N–H and O–H groups in total. The van der Waals surface area contributed by atoms with Crippen LogP contribution in [0.2, 0.25) is 0 Å². The van der Waals surface area contributed by atoms with Gasteiger partial charge in [0.1, 0.15) is 11.5 Å². The molecule has 7 rings (SSSR count). The third-order valence-electron chi connectivity index (χ3n) is 8.86. The van der Waals surface area contributed by atoms with Gasteiger partial charge in [0.05, 0.1) is 20.3 Å². The molecule has 1 spiro atoms. The Hall–Kier alpha value is -4.49.